The topological polar surface area (TPSA) is 44.8 Å². The molecule has 1 aromatic carbocycles. The average molecular weight is 238 g/mol. The predicted octanol–water partition coefficient (Wildman–Crippen LogP) is 2.34. The molecule has 4 nitrogen and oxygen atoms in total. The Hall–Kier alpha value is -1.55. The zero-order valence-corrected chi connectivity index (χ0v) is 10.4. The van der Waals surface area contributed by atoms with Crippen LogP contribution in [0, 0.1) is 0 Å². The van der Waals surface area contributed by atoms with Crippen LogP contribution < -0.4 is 4.74 Å². The minimum atomic E-state index is -0.363. The molecule has 0 fully saturated rings. The summed E-state index contributed by atoms with van der Waals surface area (Å²) in [7, 11) is 1.61. The van der Waals surface area contributed by atoms with Crippen molar-refractivity contribution < 1.29 is 19.0 Å². The van der Waals surface area contributed by atoms with Crippen molar-refractivity contribution in [2.24, 2.45) is 0 Å². The summed E-state index contributed by atoms with van der Waals surface area (Å²) >= 11 is 0. The molecule has 0 saturated heterocycles. The standard InChI is InChI=1S/C13H18O4/c1-4-16-9-13(17-10(2)14)11-5-7-12(15-3)8-6-11/h5-8,13H,4,9H2,1-3H3. The van der Waals surface area contributed by atoms with Crippen LogP contribution in [0.15, 0.2) is 24.3 Å². The van der Waals surface area contributed by atoms with Gasteiger partial charge >= 0.3 is 5.97 Å². The number of ether oxygens (including phenoxy) is 3. The number of benzene rings is 1. The molecule has 0 aliphatic heterocycles. The summed E-state index contributed by atoms with van der Waals surface area (Å²) in [5.74, 6) is 0.456. The van der Waals surface area contributed by atoms with Crippen LogP contribution in [0.3, 0.4) is 0 Å². The van der Waals surface area contributed by atoms with Crippen molar-refractivity contribution in [1.82, 2.24) is 0 Å². The fourth-order valence-corrected chi connectivity index (χ4v) is 1.44. The van der Waals surface area contributed by atoms with E-state index < -0.39 is 0 Å². The van der Waals surface area contributed by atoms with Gasteiger partial charge in [0, 0.05) is 13.5 Å². The third-order valence-electron chi connectivity index (χ3n) is 2.27. The van der Waals surface area contributed by atoms with E-state index in [2.05, 4.69) is 0 Å². The quantitative estimate of drug-likeness (QED) is 0.713. The van der Waals surface area contributed by atoms with Gasteiger partial charge in [0.05, 0.1) is 13.7 Å². The molecule has 1 unspecified atom stereocenters. The molecule has 0 aliphatic rings. The molecule has 94 valence electrons. The van der Waals surface area contributed by atoms with E-state index in [9.17, 15) is 4.79 Å². The van der Waals surface area contributed by atoms with Gasteiger partial charge in [-0.2, -0.15) is 0 Å². The van der Waals surface area contributed by atoms with Crippen molar-refractivity contribution in [3.05, 3.63) is 29.8 Å². The molecule has 1 rings (SSSR count). The van der Waals surface area contributed by atoms with E-state index in [0.29, 0.717) is 13.2 Å². The first-order chi connectivity index (χ1) is 8.17. The molecule has 0 N–H and O–H groups in total. The van der Waals surface area contributed by atoms with E-state index in [1.807, 2.05) is 31.2 Å². The van der Waals surface area contributed by atoms with Crippen LogP contribution in [0.2, 0.25) is 0 Å². The highest BCUT2D eigenvalue weighted by atomic mass is 16.6. The van der Waals surface area contributed by atoms with Gasteiger partial charge in [0.25, 0.3) is 0 Å². The van der Waals surface area contributed by atoms with Crippen LogP contribution in [-0.4, -0.2) is 26.3 Å². The van der Waals surface area contributed by atoms with Crippen LogP contribution in [0.25, 0.3) is 0 Å². The van der Waals surface area contributed by atoms with E-state index in [4.69, 9.17) is 14.2 Å². The van der Waals surface area contributed by atoms with Crippen molar-refractivity contribution in [3.63, 3.8) is 0 Å². The van der Waals surface area contributed by atoms with Crippen LogP contribution in [-0.2, 0) is 14.3 Å². The van der Waals surface area contributed by atoms with Gasteiger partial charge in [0.2, 0.25) is 0 Å². The van der Waals surface area contributed by atoms with Gasteiger partial charge in [-0.3, -0.25) is 4.79 Å². The van der Waals surface area contributed by atoms with Crippen molar-refractivity contribution in [2.45, 2.75) is 20.0 Å². The molecule has 0 aromatic heterocycles. The zero-order valence-electron chi connectivity index (χ0n) is 10.4. The number of methoxy groups -OCH3 is 1. The monoisotopic (exact) mass is 238 g/mol. The molecule has 0 saturated carbocycles. The molecule has 0 heterocycles. The summed E-state index contributed by atoms with van der Waals surface area (Å²) in [6, 6.07) is 7.40. The zero-order chi connectivity index (χ0) is 12.7. The fourth-order valence-electron chi connectivity index (χ4n) is 1.44. The Kier molecular flexibility index (Phi) is 5.49. The molecular formula is C13H18O4. The van der Waals surface area contributed by atoms with E-state index in [-0.39, 0.29) is 12.1 Å². The SMILES string of the molecule is CCOCC(OC(C)=O)c1ccc(OC)cc1. The highest BCUT2D eigenvalue weighted by Gasteiger charge is 2.14. The Morgan fingerprint density at radius 3 is 2.41 bits per heavy atom. The number of esters is 1. The second-order valence-corrected chi connectivity index (χ2v) is 3.53. The van der Waals surface area contributed by atoms with Gasteiger partial charge in [0.15, 0.2) is 6.10 Å². The predicted molar refractivity (Wildman–Crippen MR) is 64.0 cm³/mol. The van der Waals surface area contributed by atoms with E-state index in [1.54, 1.807) is 7.11 Å². The van der Waals surface area contributed by atoms with Crippen molar-refractivity contribution in [3.8, 4) is 5.75 Å². The highest BCUT2D eigenvalue weighted by molar-refractivity contribution is 5.66. The molecule has 0 aliphatic carbocycles. The van der Waals surface area contributed by atoms with Gasteiger partial charge in [-0.15, -0.1) is 0 Å². The van der Waals surface area contributed by atoms with Gasteiger partial charge in [-0.1, -0.05) is 12.1 Å². The van der Waals surface area contributed by atoms with Crippen molar-refractivity contribution in [1.29, 1.82) is 0 Å². The molecular weight excluding hydrogens is 220 g/mol. The summed E-state index contributed by atoms with van der Waals surface area (Å²) in [6.45, 7) is 4.25. The smallest absolute Gasteiger partial charge is 0.303 e. The largest absolute Gasteiger partial charge is 0.497 e. The summed E-state index contributed by atoms with van der Waals surface area (Å²) in [6.07, 6.45) is -0.363. The molecule has 0 spiro atoms. The third kappa shape index (κ3) is 4.44. The Morgan fingerprint density at radius 2 is 1.94 bits per heavy atom. The highest BCUT2D eigenvalue weighted by Crippen LogP contribution is 2.21. The van der Waals surface area contributed by atoms with E-state index in [0.717, 1.165) is 11.3 Å². The Balaban J connectivity index is 2.75. The lowest BCUT2D eigenvalue weighted by atomic mass is 10.1. The minimum absolute atomic E-state index is 0.314. The second-order valence-electron chi connectivity index (χ2n) is 3.53. The van der Waals surface area contributed by atoms with Crippen LogP contribution in [0.4, 0.5) is 0 Å². The maximum atomic E-state index is 11.0. The first-order valence-electron chi connectivity index (χ1n) is 5.56. The number of hydrogen-bond acceptors (Lipinski definition) is 4. The maximum Gasteiger partial charge on any atom is 0.303 e. The number of rotatable bonds is 6. The second kappa shape index (κ2) is 6.91. The summed E-state index contributed by atoms with van der Waals surface area (Å²) in [5.41, 5.74) is 0.898. The van der Waals surface area contributed by atoms with Crippen LogP contribution >= 0.6 is 0 Å². The summed E-state index contributed by atoms with van der Waals surface area (Å²) < 4.78 is 15.6. The normalized spacial score (nSPS) is 11.9. The van der Waals surface area contributed by atoms with E-state index >= 15 is 0 Å². The van der Waals surface area contributed by atoms with Crippen molar-refractivity contribution >= 4 is 5.97 Å². The molecule has 1 atom stereocenters. The molecule has 17 heavy (non-hydrogen) atoms. The molecule has 4 heteroatoms. The van der Waals surface area contributed by atoms with Crippen molar-refractivity contribution in [2.75, 3.05) is 20.3 Å². The van der Waals surface area contributed by atoms with Gasteiger partial charge in [-0.05, 0) is 24.6 Å². The lowest BCUT2D eigenvalue weighted by molar-refractivity contribution is -0.149. The number of carbonyl (C=O) groups is 1. The Labute approximate surface area is 101 Å². The lowest BCUT2D eigenvalue weighted by Gasteiger charge is -2.17. The Morgan fingerprint density at radius 1 is 1.29 bits per heavy atom. The van der Waals surface area contributed by atoms with E-state index in [1.165, 1.54) is 6.92 Å². The Bertz CT molecular complexity index is 345. The van der Waals surface area contributed by atoms with Gasteiger partial charge in [0.1, 0.15) is 5.75 Å². The summed E-state index contributed by atoms with van der Waals surface area (Å²) in [4.78, 5) is 11.0. The number of carbonyl (C=O) groups excluding carboxylic acids is 1. The number of hydrogen-bond donors (Lipinski definition) is 0. The summed E-state index contributed by atoms with van der Waals surface area (Å²) in [5, 5.41) is 0. The van der Waals surface area contributed by atoms with Gasteiger partial charge < -0.3 is 14.2 Å². The molecule has 0 radical (unpaired) electrons. The van der Waals surface area contributed by atoms with Crippen LogP contribution in [0.1, 0.15) is 25.5 Å². The third-order valence-corrected chi connectivity index (χ3v) is 2.27. The molecule has 0 bridgehead atoms. The average Bonchev–Trinajstić information content (AvgIpc) is 2.34. The first-order valence-corrected chi connectivity index (χ1v) is 5.56. The fraction of sp³-hybridized carbons (Fsp3) is 0.462. The van der Waals surface area contributed by atoms with Crippen LogP contribution in [0.5, 0.6) is 5.75 Å². The molecule has 1 aromatic rings. The lowest BCUT2D eigenvalue weighted by Crippen LogP contribution is -2.14. The minimum Gasteiger partial charge on any atom is -0.497 e. The van der Waals surface area contributed by atoms with Gasteiger partial charge in [-0.25, -0.2) is 0 Å². The molecule has 0 amide bonds. The maximum absolute atomic E-state index is 11.0. The first kappa shape index (κ1) is 13.5.